The first-order chi connectivity index (χ1) is 8.81. The highest BCUT2D eigenvalue weighted by Crippen LogP contribution is 2.34. The van der Waals surface area contributed by atoms with Crippen molar-refractivity contribution in [2.75, 3.05) is 0 Å². The van der Waals surface area contributed by atoms with Crippen LogP contribution < -0.4 is 0 Å². The van der Waals surface area contributed by atoms with E-state index in [2.05, 4.69) is 24.3 Å². The molecule has 1 aromatic carbocycles. The lowest BCUT2D eigenvalue weighted by Gasteiger charge is -2.31. The fourth-order valence-electron chi connectivity index (χ4n) is 2.64. The summed E-state index contributed by atoms with van der Waals surface area (Å²) < 4.78 is 5.57. The summed E-state index contributed by atoms with van der Waals surface area (Å²) in [6, 6.07) is 10.4. The zero-order chi connectivity index (χ0) is 12.8. The molecule has 0 unspecified atom stereocenters. The number of allylic oxidation sites excluding steroid dienone is 1. The van der Waals surface area contributed by atoms with Crippen LogP contribution >= 0.6 is 0 Å². The lowest BCUT2D eigenvalue weighted by molar-refractivity contribution is -0.145. The molecule has 0 saturated heterocycles. The molecule has 2 heteroatoms. The third-order valence-corrected chi connectivity index (χ3v) is 3.50. The molecular weight excluding hydrogens is 224 g/mol. The van der Waals surface area contributed by atoms with E-state index in [4.69, 9.17) is 4.74 Å². The van der Waals surface area contributed by atoms with Gasteiger partial charge in [-0.1, -0.05) is 42.8 Å². The van der Waals surface area contributed by atoms with Crippen molar-refractivity contribution in [1.29, 1.82) is 0 Å². The highest BCUT2D eigenvalue weighted by Gasteiger charge is 2.28. The third-order valence-electron chi connectivity index (χ3n) is 3.50. The average Bonchev–Trinajstić information content (AvgIpc) is 2.40. The number of ether oxygens (including phenoxy) is 1. The number of benzene rings is 1. The standard InChI is InChI=1S/C16H20O2/c1-2-8-16(17)18-15-12-7-6-11-14(15)13-9-4-3-5-10-13/h2-5,8-10,14-15H,6-7,11-12H2,1H3/b8-2+/t14-,15+/m1/s1. The minimum atomic E-state index is -0.217. The predicted octanol–water partition coefficient (Wildman–Crippen LogP) is 3.83. The minimum Gasteiger partial charge on any atom is -0.459 e. The van der Waals surface area contributed by atoms with E-state index < -0.39 is 0 Å². The van der Waals surface area contributed by atoms with Gasteiger partial charge >= 0.3 is 5.97 Å². The molecule has 0 spiro atoms. The summed E-state index contributed by atoms with van der Waals surface area (Å²) in [5.74, 6) is 0.138. The summed E-state index contributed by atoms with van der Waals surface area (Å²) in [5, 5.41) is 0. The van der Waals surface area contributed by atoms with Crippen LogP contribution in [0.2, 0.25) is 0 Å². The van der Waals surface area contributed by atoms with Crippen molar-refractivity contribution in [3.63, 3.8) is 0 Å². The highest BCUT2D eigenvalue weighted by molar-refractivity contribution is 5.82. The Labute approximate surface area is 109 Å². The quantitative estimate of drug-likeness (QED) is 0.596. The smallest absolute Gasteiger partial charge is 0.330 e. The molecule has 0 N–H and O–H groups in total. The first-order valence-electron chi connectivity index (χ1n) is 6.69. The van der Waals surface area contributed by atoms with Crippen molar-refractivity contribution in [2.45, 2.75) is 44.6 Å². The Morgan fingerprint density at radius 2 is 1.94 bits per heavy atom. The zero-order valence-corrected chi connectivity index (χ0v) is 10.8. The van der Waals surface area contributed by atoms with E-state index in [9.17, 15) is 4.79 Å². The van der Waals surface area contributed by atoms with Gasteiger partial charge in [-0.05, 0) is 31.7 Å². The van der Waals surface area contributed by atoms with Gasteiger partial charge in [-0.15, -0.1) is 0 Å². The summed E-state index contributed by atoms with van der Waals surface area (Å²) >= 11 is 0. The van der Waals surface area contributed by atoms with Crippen LogP contribution in [0.4, 0.5) is 0 Å². The summed E-state index contributed by atoms with van der Waals surface area (Å²) in [6.45, 7) is 1.83. The van der Waals surface area contributed by atoms with Gasteiger partial charge in [-0.2, -0.15) is 0 Å². The second kappa shape index (κ2) is 6.39. The molecule has 96 valence electrons. The fraction of sp³-hybridized carbons (Fsp3) is 0.438. The summed E-state index contributed by atoms with van der Waals surface area (Å²) in [6.07, 6.45) is 7.71. The first-order valence-corrected chi connectivity index (χ1v) is 6.69. The van der Waals surface area contributed by atoms with Crippen molar-refractivity contribution in [1.82, 2.24) is 0 Å². The zero-order valence-electron chi connectivity index (χ0n) is 10.8. The Bertz CT molecular complexity index is 408. The predicted molar refractivity (Wildman–Crippen MR) is 72.3 cm³/mol. The number of hydrogen-bond donors (Lipinski definition) is 0. The van der Waals surface area contributed by atoms with Crippen LogP contribution in [0.15, 0.2) is 42.5 Å². The van der Waals surface area contributed by atoms with E-state index in [-0.39, 0.29) is 12.1 Å². The fourth-order valence-corrected chi connectivity index (χ4v) is 2.64. The molecule has 0 heterocycles. The van der Waals surface area contributed by atoms with Gasteiger partial charge in [0, 0.05) is 12.0 Å². The lowest BCUT2D eigenvalue weighted by Crippen LogP contribution is -2.28. The molecule has 2 nitrogen and oxygen atoms in total. The lowest BCUT2D eigenvalue weighted by atomic mass is 9.81. The van der Waals surface area contributed by atoms with Crippen LogP contribution in [0.5, 0.6) is 0 Å². The molecule has 0 amide bonds. The number of carbonyl (C=O) groups is 1. The number of hydrogen-bond acceptors (Lipinski definition) is 2. The second-order valence-electron chi connectivity index (χ2n) is 4.78. The van der Waals surface area contributed by atoms with E-state index >= 15 is 0 Å². The van der Waals surface area contributed by atoms with Gasteiger partial charge in [-0.25, -0.2) is 4.79 Å². The van der Waals surface area contributed by atoms with E-state index in [1.807, 2.05) is 13.0 Å². The topological polar surface area (TPSA) is 26.3 Å². The summed E-state index contributed by atoms with van der Waals surface area (Å²) in [7, 11) is 0. The molecule has 1 saturated carbocycles. The third kappa shape index (κ3) is 3.22. The van der Waals surface area contributed by atoms with E-state index in [0.717, 1.165) is 19.3 Å². The van der Waals surface area contributed by atoms with Crippen molar-refractivity contribution in [3.8, 4) is 0 Å². The van der Waals surface area contributed by atoms with Gasteiger partial charge in [0.25, 0.3) is 0 Å². The highest BCUT2D eigenvalue weighted by atomic mass is 16.5. The molecule has 2 atom stereocenters. The van der Waals surface area contributed by atoms with E-state index in [0.29, 0.717) is 5.92 Å². The Kier molecular flexibility index (Phi) is 4.57. The molecule has 0 aromatic heterocycles. The Hall–Kier alpha value is -1.57. The van der Waals surface area contributed by atoms with Crippen LogP contribution in [0.1, 0.15) is 44.1 Å². The Balaban J connectivity index is 2.09. The maximum atomic E-state index is 11.6. The van der Waals surface area contributed by atoms with Crippen molar-refractivity contribution < 1.29 is 9.53 Å². The van der Waals surface area contributed by atoms with Crippen LogP contribution in [0, 0.1) is 0 Å². The van der Waals surface area contributed by atoms with Crippen LogP contribution in [-0.4, -0.2) is 12.1 Å². The van der Waals surface area contributed by atoms with Crippen LogP contribution in [0.25, 0.3) is 0 Å². The van der Waals surface area contributed by atoms with Crippen molar-refractivity contribution in [3.05, 3.63) is 48.0 Å². The van der Waals surface area contributed by atoms with Crippen LogP contribution in [0.3, 0.4) is 0 Å². The monoisotopic (exact) mass is 244 g/mol. The molecular formula is C16H20O2. The molecule has 1 aromatic rings. The molecule has 1 fully saturated rings. The second-order valence-corrected chi connectivity index (χ2v) is 4.78. The van der Waals surface area contributed by atoms with Gasteiger partial charge < -0.3 is 4.74 Å². The number of esters is 1. The minimum absolute atomic E-state index is 0.0323. The van der Waals surface area contributed by atoms with Crippen molar-refractivity contribution in [2.24, 2.45) is 0 Å². The molecule has 2 rings (SSSR count). The average molecular weight is 244 g/mol. The normalized spacial score (nSPS) is 24.1. The number of rotatable bonds is 3. The van der Waals surface area contributed by atoms with Gasteiger partial charge in [0.15, 0.2) is 0 Å². The SMILES string of the molecule is C/C=C/C(=O)O[C@H]1CCCC[C@@H]1c1ccccc1. The maximum absolute atomic E-state index is 11.6. The molecule has 18 heavy (non-hydrogen) atoms. The summed E-state index contributed by atoms with van der Waals surface area (Å²) in [4.78, 5) is 11.6. The van der Waals surface area contributed by atoms with Gasteiger partial charge in [0.05, 0.1) is 0 Å². The Morgan fingerprint density at radius 3 is 2.67 bits per heavy atom. The first kappa shape index (κ1) is 12.9. The molecule has 0 aliphatic heterocycles. The molecule has 0 bridgehead atoms. The van der Waals surface area contributed by atoms with Gasteiger partial charge in [-0.3, -0.25) is 0 Å². The summed E-state index contributed by atoms with van der Waals surface area (Å²) in [5.41, 5.74) is 1.29. The van der Waals surface area contributed by atoms with E-state index in [1.54, 1.807) is 6.08 Å². The van der Waals surface area contributed by atoms with Crippen LogP contribution in [-0.2, 0) is 9.53 Å². The Morgan fingerprint density at radius 1 is 1.22 bits per heavy atom. The van der Waals surface area contributed by atoms with Gasteiger partial charge in [0.1, 0.15) is 6.10 Å². The van der Waals surface area contributed by atoms with E-state index in [1.165, 1.54) is 18.1 Å². The van der Waals surface area contributed by atoms with Gasteiger partial charge in [0.2, 0.25) is 0 Å². The largest absolute Gasteiger partial charge is 0.459 e. The molecule has 1 aliphatic rings. The number of carbonyl (C=O) groups excluding carboxylic acids is 1. The van der Waals surface area contributed by atoms with Crippen molar-refractivity contribution >= 4 is 5.97 Å². The molecule has 0 radical (unpaired) electrons. The maximum Gasteiger partial charge on any atom is 0.330 e. The molecule has 1 aliphatic carbocycles.